The van der Waals surface area contributed by atoms with Gasteiger partial charge >= 0.3 is 5.97 Å². The topological polar surface area (TPSA) is 159 Å². The summed E-state index contributed by atoms with van der Waals surface area (Å²) in [6.45, 7) is 4.13. The monoisotopic (exact) mass is 548 g/mol. The third-order valence-corrected chi connectivity index (χ3v) is 8.02. The number of ether oxygens (including phenoxy) is 2. The molecule has 192 valence electrons. The van der Waals surface area contributed by atoms with Crippen molar-refractivity contribution in [2.75, 3.05) is 23.9 Å². The number of anilines is 1. The van der Waals surface area contributed by atoms with Gasteiger partial charge in [0.2, 0.25) is 0 Å². The highest BCUT2D eigenvalue weighted by Gasteiger charge is 2.23. The van der Waals surface area contributed by atoms with Gasteiger partial charge in [-0.05, 0) is 45.0 Å². The molecule has 0 aliphatic carbocycles. The van der Waals surface area contributed by atoms with Crippen LogP contribution in [-0.2, 0) is 29.2 Å². The number of rotatable bonds is 11. The summed E-state index contributed by atoms with van der Waals surface area (Å²) in [6.07, 6.45) is 1.00. The van der Waals surface area contributed by atoms with E-state index in [1.54, 1.807) is 13.8 Å². The van der Waals surface area contributed by atoms with Gasteiger partial charge in [0.1, 0.15) is 29.8 Å². The fourth-order valence-electron chi connectivity index (χ4n) is 2.70. The summed E-state index contributed by atoms with van der Waals surface area (Å²) in [6, 6.07) is 6.66. The smallest absolute Gasteiger partial charge is 0.328 e. The maximum absolute atomic E-state index is 12.3. The van der Waals surface area contributed by atoms with Crippen LogP contribution in [0.5, 0.6) is 11.5 Å². The molecule has 0 saturated heterocycles. The zero-order chi connectivity index (χ0) is 26.6. The predicted octanol–water partition coefficient (Wildman–Crippen LogP) is 3.61. The number of benzene rings is 2. The van der Waals surface area contributed by atoms with Crippen LogP contribution < -0.4 is 10.1 Å². The first-order valence-electron chi connectivity index (χ1n) is 10.2. The molecule has 0 spiro atoms. The first-order valence-corrected chi connectivity index (χ1v) is 14.2. The van der Waals surface area contributed by atoms with E-state index in [4.69, 9.17) is 21.1 Å². The van der Waals surface area contributed by atoms with E-state index in [-0.39, 0.29) is 45.2 Å². The number of nitrogens with one attached hydrogen (secondary N) is 1. The lowest BCUT2D eigenvalue weighted by molar-refractivity contribution is -0.384. The number of nitrogens with zero attached hydrogens (tertiary/aromatic N) is 1. The molecule has 1 N–H and O–H groups in total. The minimum Gasteiger partial charge on any atom is -0.463 e. The fraction of sp³-hybridized carbons (Fsp3) is 0.381. The minimum atomic E-state index is -3.55. The number of carbonyl (C=O) groups excluding carboxylic acids is 1. The van der Waals surface area contributed by atoms with Gasteiger partial charge in [0.15, 0.2) is 19.7 Å². The van der Waals surface area contributed by atoms with Crippen LogP contribution in [0.25, 0.3) is 0 Å². The van der Waals surface area contributed by atoms with Gasteiger partial charge in [-0.2, -0.15) is 0 Å². The third-order valence-electron chi connectivity index (χ3n) is 4.67. The molecular weight excluding hydrogens is 524 g/mol. The Balaban J connectivity index is 2.24. The van der Waals surface area contributed by atoms with Crippen molar-refractivity contribution in [1.29, 1.82) is 0 Å². The highest BCUT2D eigenvalue weighted by atomic mass is 35.5. The summed E-state index contributed by atoms with van der Waals surface area (Å²) in [7, 11) is -6.87. The molecule has 14 heteroatoms. The van der Waals surface area contributed by atoms with Gasteiger partial charge in [0.25, 0.3) is 5.69 Å². The van der Waals surface area contributed by atoms with Gasteiger partial charge in [-0.15, -0.1) is 0 Å². The van der Waals surface area contributed by atoms with Crippen LogP contribution in [0.2, 0.25) is 5.02 Å². The molecule has 35 heavy (non-hydrogen) atoms. The molecule has 0 heterocycles. The molecule has 0 bridgehead atoms. The number of halogens is 1. The SMILES string of the molecule is CC(Nc1cc(Oc2ccc(S(=O)(=O)C(C)C)cc2Cl)ccc1[N+](=O)[O-])C(=O)OCCS(C)(=O)=O. The van der Waals surface area contributed by atoms with E-state index >= 15 is 0 Å². The van der Waals surface area contributed by atoms with E-state index < -0.39 is 41.9 Å². The molecule has 11 nitrogen and oxygen atoms in total. The summed E-state index contributed by atoms with van der Waals surface area (Å²) < 4.78 is 57.6. The number of nitro groups is 1. The van der Waals surface area contributed by atoms with Crippen LogP contribution in [0.1, 0.15) is 20.8 Å². The molecule has 1 unspecified atom stereocenters. The Kier molecular flexibility index (Phi) is 9.09. The second-order valence-electron chi connectivity index (χ2n) is 7.89. The van der Waals surface area contributed by atoms with Crippen molar-refractivity contribution in [3.05, 3.63) is 51.5 Å². The summed E-state index contributed by atoms with van der Waals surface area (Å²) >= 11 is 6.20. The number of sulfone groups is 2. The lowest BCUT2D eigenvalue weighted by Gasteiger charge is -2.16. The quantitative estimate of drug-likeness (QED) is 0.249. The van der Waals surface area contributed by atoms with Crippen LogP contribution >= 0.6 is 11.6 Å². The van der Waals surface area contributed by atoms with Crippen LogP contribution in [0.15, 0.2) is 41.3 Å². The van der Waals surface area contributed by atoms with Gasteiger partial charge in [0.05, 0.1) is 25.8 Å². The molecule has 0 fully saturated rings. The highest BCUT2D eigenvalue weighted by Crippen LogP contribution is 2.36. The Labute approximate surface area is 208 Å². The van der Waals surface area contributed by atoms with Crippen LogP contribution in [0, 0.1) is 10.1 Å². The van der Waals surface area contributed by atoms with Crippen molar-refractivity contribution in [3.8, 4) is 11.5 Å². The Morgan fingerprint density at radius 3 is 2.31 bits per heavy atom. The van der Waals surface area contributed by atoms with Crippen LogP contribution in [0.4, 0.5) is 11.4 Å². The standard InChI is InChI=1S/C21H25ClN2O9S2/c1-13(2)35(30,31)16-6-8-20(17(22)12-16)33-15-5-7-19(24(26)27)18(11-15)23-14(3)21(25)32-9-10-34(4,28)29/h5-8,11-14,23H,9-10H2,1-4H3. The first-order chi connectivity index (χ1) is 16.1. The molecule has 0 aromatic heterocycles. The zero-order valence-corrected chi connectivity index (χ0v) is 21.7. The highest BCUT2D eigenvalue weighted by molar-refractivity contribution is 7.92. The number of hydrogen-bond donors (Lipinski definition) is 1. The van der Waals surface area contributed by atoms with E-state index in [9.17, 15) is 31.7 Å². The van der Waals surface area contributed by atoms with Crippen molar-refractivity contribution in [1.82, 2.24) is 0 Å². The zero-order valence-electron chi connectivity index (χ0n) is 19.3. The molecule has 0 radical (unpaired) electrons. The molecule has 2 rings (SSSR count). The van der Waals surface area contributed by atoms with E-state index in [1.807, 2.05) is 0 Å². The third kappa shape index (κ3) is 7.80. The normalized spacial score (nSPS) is 12.7. The number of hydrogen-bond acceptors (Lipinski definition) is 10. The predicted molar refractivity (Wildman–Crippen MR) is 131 cm³/mol. The molecule has 2 aromatic carbocycles. The summed E-state index contributed by atoms with van der Waals surface area (Å²) in [5.41, 5.74) is -0.409. The number of esters is 1. The van der Waals surface area contributed by atoms with E-state index in [2.05, 4.69) is 5.32 Å². The molecule has 0 aliphatic rings. The van der Waals surface area contributed by atoms with Crippen molar-refractivity contribution in [2.24, 2.45) is 0 Å². The van der Waals surface area contributed by atoms with Gasteiger partial charge < -0.3 is 14.8 Å². The summed E-state index contributed by atoms with van der Waals surface area (Å²) in [5, 5.41) is 13.5. The number of carbonyl (C=O) groups is 1. The average molecular weight is 549 g/mol. The molecule has 0 amide bonds. The van der Waals surface area contributed by atoms with Crippen molar-refractivity contribution in [3.63, 3.8) is 0 Å². The van der Waals surface area contributed by atoms with Crippen molar-refractivity contribution in [2.45, 2.75) is 37.0 Å². The Hall–Kier alpha value is -2.90. The Bertz CT molecular complexity index is 1330. The lowest BCUT2D eigenvalue weighted by Crippen LogP contribution is -2.29. The number of nitro benzene ring substituents is 1. The average Bonchev–Trinajstić information content (AvgIpc) is 2.73. The fourth-order valence-corrected chi connectivity index (χ4v) is 4.46. The van der Waals surface area contributed by atoms with Gasteiger partial charge in [-0.3, -0.25) is 10.1 Å². The van der Waals surface area contributed by atoms with Crippen LogP contribution in [0.3, 0.4) is 0 Å². The molecule has 1 atom stereocenters. The molecule has 0 aliphatic heterocycles. The lowest BCUT2D eigenvalue weighted by atomic mass is 10.2. The Morgan fingerprint density at radius 1 is 1.11 bits per heavy atom. The Morgan fingerprint density at radius 2 is 1.77 bits per heavy atom. The van der Waals surface area contributed by atoms with Crippen molar-refractivity contribution >= 4 is 48.6 Å². The van der Waals surface area contributed by atoms with Crippen molar-refractivity contribution < 1.29 is 36.0 Å². The molecule has 0 saturated carbocycles. The van der Waals surface area contributed by atoms with E-state index in [0.717, 1.165) is 12.3 Å². The minimum absolute atomic E-state index is 0.0161. The second kappa shape index (κ2) is 11.2. The maximum atomic E-state index is 12.3. The summed E-state index contributed by atoms with van der Waals surface area (Å²) in [5.74, 6) is -0.925. The maximum Gasteiger partial charge on any atom is 0.328 e. The van der Waals surface area contributed by atoms with Gasteiger partial charge in [-0.25, -0.2) is 21.6 Å². The largest absolute Gasteiger partial charge is 0.463 e. The molecule has 2 aromatic rings. The second-order valence-corrected chi connectivity index (χ2v) is 13.1. The summed E-state index contributed by atoms with van der Waals surface area (Å²) in [4.78, 5) is 22.9. The van der Waals surface area contributed by atoms with E-state index in [1.165, 1.54) is 37.3 Å². The van der Waals surface area contributed by atoms with Gasteiger partial charge in [-0.1, -0.05) is 11.6 Å². The van der Waals surface area contributed by atoms with E-state index in [0.29, 0.717) is 0 Å². The van der Waals surface area contributed by atoms with Crippen LogP contribution in [-0.4, -0.2) is 57.6 Å². The van der Waals surface area contributed by atoms with Gasteiger partial charge in [0, 0.05) is 18.4 Å². The first kappa shape index (κ1) is 28.3. The molecular formula is C21H25ClN2O9S2.